The van der Waals surface area contributed by atoms with E-state index in [2.05, 4.69) is 0 Å². The second-order valence-corrected chi connectivity index (χ2v) is 8.41. The van der Waals surface area contributed by atoms with Gasteiger partial charge < -0.3 is 9.47 Å². The van der Waals surface area contributed by atoms with Crippen LogP contribution in [-0.2, 0) is 22.6 Å². The molecule has 8 heteroatoms. The lowest BCUT2D eigenvalue weighted by Gasteiger charge is -2.10. The Morgan fingerprint density at radius 3 is 2.16 bits per heavy atom. The van der Waals surface area contributed by atoms with Crippen LogP contribution in [0.1, 0.15) is 16.7 Å². The number of hydrogen-bond acceptors (Lipinski definition) is 4. The molecule has 0 aliphatic rings. The van der Waals surface area contributed by atoms with Gasteiger partial charge in [0.05, 0.1) is 17.6 Å². The largest absolute Gasteiger partial charge is 0.497 e. The minimum Gasteiger partial charge on any atom is -0.497 e. The van der Waals surface area contributed by atoms with Gasteiger partial charge in [-0.3, -0.25) is 0 Å². The first-order valence-electron chi connectivity index (χ1n) is 9.13. The SMILES string of the molecule is COc1ccc(S(=O)(=O)/C=C/c2ccc(OCc3cccc(C(F)(F)F)c3)cc2)cc1. The highest BCUT2D eigenvalue weighted by Gasteiger charge is 2.30. The molecule has 0 unspecified atom stereocenters. The number of sulfone groups is 1. The Bertz CT molecular complexity index is 1150. The van der Waals surface area contributed by atoms with E-state index in [0.717, 1.165) is 17.5 Å². The zero-order valence-electron chi connectivity index (χ0n) is 16.5. The van der Waals surface area contributed by atoms with E-state index in [1.807, 2.05) is 0 Å². The average Bonchev–Trinajstić information content (AvgIpc) is 2.77. The summed E-state index contributed by atoms with van der Waals surface area (Å²) in [5, 5.41) is 1.10. The highest BCUT2D eigenvalue weighted by atomic mass is 32.2. The summed E-state index contributed by atoms with van der Waals surface area (Å²) in [6, 6.07) is 17.5. The summed E-state index contributed by atoms with van der Waals surface area (Å²) in [5.41, 5.74) is 0.292. The predicted molar refractivity (Wildman–Crippen MR) is 111 cm³/mol. The molecule has 4 nitrogen and oxygen atoms in total. The van der Waals surface area contributed by atoms with Crippen LogP contribution in [0.15, 0.2) is 83.1 Å². The second kappa shape index (κ2) is 9.26. The standard InChI is InChI=1S/C23H19F3O4S/c1-29-20-9-11-22(12-10-20)31(27,28)14-13-17-5-7-21(8-6-17)30-16-18-3-2-4-19(15-18)23(24,25)26/h2-15H,16H2,1H3/b14-13+. The quantitative estimate of drug-likeness (QED) is 0.463. The second-order valence-electron chi connectivity index (χ2n) is 6.58. The van der Waals surface area contributed by atoms with E-state index in [4.69, 9.17) is 9.47 Å². The van der Waals surface area contributed by atoms with Crippen molar-refractivity contribution < 1.29 is 31.1 Å². The average molecular weight is 448 g/mol. The van der Waals surface area contributed by atoms with Crippen LogP contribution in [-0.4, -0.2) is 15.5 Å². The smallest absolute Gasteiger partial charge is 0.416 e. The van der Waals surface area contributed by atoms with Crippen molar-refractivity contribution in [2.75, 3.05) is 7.11 Å². The Balaban J connectivity index is 1.63. The first-order valence-corrected chi connectivity index (χ1v) is 10.7. The molecular formula is C23H19F3O4S. The van der Waals surface area contributed by atoms with Crippen LogP contribution in [0.4, 0.5) is 13.2 Å². The molecule has 0 spiro atoms. The topological polar surface area (TPSA) is 52.6 Å². The highest BCUT2D eigenvalue weighted by molar-refractivity contribution is 7.94. The molecule has 0 aromatic heterocycles. The fourth-order valence-electron chi connectivity index (χ4n) is 2.69. The van der Waals surface area contributed by atoms with Gasteiger partial charge in [0.1, 0.15) is 18.1 Å². The minimum atomic E-state index is -4.41. The van der Waals surface area contributed by atoms with Crippen LogP contribution in [0.5, 0.6) is 11.5 Å². The molecule has 0 heterocycles. The number of hydrogen-bond donors (Lipinski definition) is 0. The van der Waals surface area contributed by atoms with Crippen LogP contribution < -0.4 is 9.47 Å². The van der Waals surface area contributed by atoms with Crippen molar-refractivity contribution in [1.29, 1.82) is 0 Å². The van der Waals surface area contributed by atoms with Crippen molar-refractivity contribution in [3.8, 4) is 11.5 Å². The Hall–Kier alpha value is -3.26. The molecule has 0 atom stereocenters. The van der Waals surface area contributed by atoms with Crippen LogP contribution in [0.2, 0.25) is 0 Å². The lowest BCUT2D eigenvalue weighted by atomic mass is 10.1. The molecule has 31 heavy (non-hydrogen) atoms. The van der Waals surface area contributed by atoms with Crippen molar-refractivity contribution in [2.45, 2.75) is 17.7 Å². The monoisotopic (exact) mass is 448 g/mol. The van der Waals surface area contributed by atoms with Crippen molar-refractivity contribution in [3.05, 3.63) is 94.9 Å². The molecule has 0 saturated carbocycles. The molecule has 0 aliphatic heterocycles. The maximum absolute atomic E-state index is 12.8. The highest BCUT2D eigenvalue weighted by Crippen LogP contribution is 2.29. The van der Waals surface area contributed by atoms with E-state index >= 15 is 0 Å². The zero-order chi connectivity index (χ0) is 22.5. The summed E-state index contributed by atoms with van der Waals surface area (Å²) in [6.45, 7) is -0.0229. The maximum atomic E-state index is 12.8. The number of ether oxygens (including phenoxy) is 2. The fourth-order valence-corrected chi connectivity index (χ4v) is 3.70. The van der Waals surface area contributed by atoms with Crippen LogP contribution in [0.3, 0.4) is 0 Å². The Morgan fingerprint density at radius 2 is 1.55 bits per heavy atom. The molecule has 0 fully saturated rings. The van der Waals surface area contributed by atoms with Crippen LogP contribution in [0.25, 0.3) is 6.08 Å². The predicted octanol–water partition coefficient (Wildman–Crippen LogP) is 5.74. The Labute approximate surface area is 178 Å². The third kappa shape index (κ3) is 6.11. The Morgan fingerprint density at radius 1 is 0.903 bits per heavy atom. The molecule has 0 saturated heterocycles. The van der Waals surface area contributed by atoms with E-state index in [1.54, 1.807) is 42.5 Å². The van der Waals surface area contributed by atoms with E-state index in [0.29, 0.717) is 22.6 Å². The van der Waals surface area contributed by atoms with E-state index in [1.165, 1.54) is 31.4 Å². The Kier molecular flexibility index (Phi) is 6.70. The number of rotatable bonds is 7. The van der Waals surface area contributed by atoms with Gasteiger partial charge in [0.2, 0.25) is 0 Å². The van der Waals surface area contributed by atoms with Gasteiger partial charge in [0.25, 0.3) is 0 Å². The summed E-state index contributed by atoms with van der Waals surface area (Å²) in [6.07, 6.45) is -2.95. The molecule has 0 amide bonds. The van der Waals surface area contributed by atoms with Crippen LogP contribution >= 0.6 is 0 Å². The number of alkyl halides is 3. The van der Waals surface area contributed by atoms with Gasteiger partial charge in [-0.2, -0.15) is 13.2 Å². The van der Waals surface area contributed by atoms with Crippen molar-refractivity contribution in [3.63, 3.8) is 0 Å². The molecule has 3 rings (SSSR count). The van der Waals surface area contributed by atoms with Gasteiger partial charge in [-0.05, 0) is 65.7 Å². The maximum Gasteiger partial charge on any atom is 0.416 e. The summed E-state index contributed by atoms with van der Waals surface area (Å²) < 4.78 is 73.7. The van der Waals surface area contributed by atoms with Crippen molar-refractivity contribution in [1.82, 2.24) is 0 Å². The zero-order valence-corrected chi connectivity index (χ0v) is 17.3. The first-order chi connectivity index (χ1) is 14.7. The molecular weight excluding hydrogens is 429 g/mol. The molecule has 0 N–H and O–H groups in total. The van der Waals surface area contributed by atoms with Crippen molar-refractivity contribution in [2.24, 2.45) is 0 Å². The fraction of sp³-hybridized carbons (Fsp3) is 0.130. The van der Waals surface area contributed by atoms with E-state index < -0.39 is 21.6 Å². The molecule has 0 bridgehead atoms. The van der Waals surface area contributed by atoms with E-state index in [9.17, 15) is 21.6 Å². The molecule has 3 aromatic carbocycles. The number of methoxy groups -OCH3 is 1. The third-order valence-electron chi connectivity index (χ3n) is 4.37. The van der Waals surface area contributed by atoms with Gasteiger partial charge in [-0.15, -0.1) is 0 Å². The number of benzene rings is 3. The molecule has 162 valence electrons. The number of halogens is 3. The summed E-state index contributed by atoms with van der Waals surface area (Å²) in [5.74, 6) is 1.01. The van der Waals surface area contributed by atoms with Gasteiger partial charge >= 0.3 is 6.18 Å². The summed E-state index contributed by atoms with van der Waals surface area (Å²) >= 11 is 0. The van der Waals surface area contributed by atoms with Crippen LogP contribution in [0, 0.1) is 0 Å². The first kappa shape index (κ1) is 22.4. The molecule has 0 radical (unpaired) electrons. The summed E-state index contributed by atoms with van der Waals surface area (Å²) in [4.78, 5) is 0.144. The van der Waals surface area contributed by atoms with E-state index in [-0.39, 0.29) is 11.5 Å². The van der Waals surface area contributed by atoms with Gasteiger partial charge in [0, 0.05) is 5.41 Å². The lowest BCUT2D eigenvalue weighted by molar-refractivity contribution is -0.137. The van der Waals surface area contributed by atoms with Gasteiger partial charge in [-0.1, -0.05) is 24.3 Å². The normalized spacial score (nSPS) is 12.1. The van der Waals surface area contributed by atoms with Crippen molar-refractivity contribution >= 4 is 15.9 Å². The van der Waals surface area contributed by atoms with Gasteiger partial charge in [-0.25, -0.2) is 8.42 Å². The molecule has 0 aliphatic carbocycles. The lowest BCUT2D eigenvalue weighted by Crippen LogP contribution is -2.06. The minimum absolute atomic E-state index is 0.0229. The molecule has 3 aromatic rings. The third-order valence-corrected chi connectivity index (χ3v) is 5.79. The summed E-state index contributed by atoms with van der Waals surface area (Å²) in [7, 11) is -2.12. The van der Waals surface area contributed by atoms with Gasteiger partial charge in [0.15, 0.2) is 9.84 Å².